The third-order valence-corrected chi connectivity index (χ3v) is 5.97. The number of aryl methyl sites for hydroxylation is 1. The van der Waals surface area contributed by atoms with Gasteiger partial charge in [0.05, 0.1) is 24.5 Å². The van der Waals surface area contributed by atoms with Crippen LogP contribution >= 0.6 is 0 Å². The number of H-pyrrole nitrogens is 1. The number of pyridine rings is 1. The summed E-state index contributed by atoms with van der Waals surface area (Å²) >= 11 is 0. The van der Waals surface area contributed by atoms with Gasteiger partial charge in [-0.05, 0) is 44.2 Å². The number of nitrogens with one attached hydrogen (secondary N) is 2. The van der Waals surface area contributed by atoms with Crippen LogP contribution in [0.4, 0.5) is 11.6 Å². The van der Waals surface area contributed by atoms with Crippen molar-refractivity contribution in [1.82, 2.24) is 30.1 Å². The Morgan fingerprint density at radius 2 is 2.10 bits per heavy atom. The molecule has 0 bridgehead atoms. The molecule has 0 aromatic carbocycles. The number of ether oxygens (including phenoxy) is 1. The Bertz CT molecular complexity index is 1100. The minimum atomic E-state index is -0.0647. The van der Waals surface area contributed by atoms with Crippen molar-refractivity contribution in [3.63, 3.8) is 0 Å². The first kappa shape index (κ1) is 19.6. The van der Waals surface area contributed by atoms with E-state index in [0.717, 1.165) is 42.8 Å². The monoisotopic (exact) mass is 420 g/mol. The summed E-state index contributed by atoms with van der Waals surface area (Å²) in [6.45, 7) is 2.97. The first-order chi connectivity index (χ1) is 15.1. The summed E-state index contributed by atoms with van der Waals surface area (Å²) in [5, 5.41) is 9.54. The van der Waals surface area contributed by atoms with Crippen molar-refractivity contribution < 1.29 is 9.53 Å². The number of aromatic amines is 1. The molecule has 2 aliphatic rings. The molecule has 10 nitrogen and oxygen atoms in total. The molecule has 2 atom stereocenters. The van der Waals surface area contributed by atoms with E-state index in [1.807, 2.05) is 24.0 Å². The van der Waals surface area contributed by atoms with Crippen LogP contribution in [0.15, 0.2) is 24.7 Å². The Hall–Kier alpha value is -3.40. The molecule has 2 N–H and O–H groups in total. The van der Waals surface area contributed by atoms with Crippen molar-refractivity contribution in [3.05, 3.63) is 30.4 Å². The van der Waals surface area contributed by atoms with Gasteiger partial charge in [0.15, 0.2) is 17.5 Å². The molecule has 3 aromatic heterocycles. The third kappa shape index (κ3) is 3.86. The summed E-state index contributed by atoms with van der Waals surface area (Å²) in [5.41, 5.74) is 3.13. The fraction of sp³-hybridized carbons (Fsp3) is 0.429. The summed E-state index contributed by atoms with van der Waals surface area (Å²) < 4.78 is 5.50. The number of anilines is 2. The summed E-state index contributed by atoms with van der Waals surface area (Å²) in [6.07, 6.45) is 6.59. The van der Waals surface area contributed by atoms with Crippen molar-refractivity contribution in [2.45, 2.75) is 32.3 Å². The van der Waals surface area contributed by atoms with E-state index in [1.54, 1.807) is 13.3 Å². The number of nitrogens with zero attached hydrogens (tertiary/aromatic N) is 6. The maximum atomic E-state index is 12.2. The zero-order valence-corrected chi connectivity index (χ0v) is 17.5. The number of carbonyl (C=O) groups is 1. The zero-order chi connectivity index (χ0) is 21.4. The van der Waals surface area contributed by atoms with Crippen LogP contribution < -0.4 is 10.2 Å². The number of carbonyl (C=O) groups excluding carboxylic acids is 1. The van der Waals surface area contributed by atoms with Gasteiger partial charge >= 0.3 is 0 Å². The van der Waals surface area contributed by atoms with Gasteiger partial charge in [-0.3, -0.25) is 9.89 Å². The van der Waals surface area contributed by atoms with Crippen LogP contribution in [-0.4, -0.2) is 62.3 Å². The van der Waals surface area contributed by atoms with Crippen LogP contribution in [0, 0.1) is 12.8 Å². The Morgan fingerprint density at radius 1 is 1.19 bits per heavy atom. The van der Waals surface area contributed by atoms with E-state index < -0.39 is 0 Å². The van der Waals surface area contributed by atoms with Crippen LogP contribution in [0.3, 0.4) is 0 Å². The Balaban J connectivity index is 1.44. The van der Waals surface area contributed by atoms with Gasteiger partial charge in [0.2, 0.25) is 5.91 Å². The fourth-order valence-corrected chi connectivity index (χ4v) is 4.40. The molecular formula is C21H24N8O2. The normalized spacial score (nSPS) is 20.6. The van der Waals surface area contributed by atoms with Crippen LogP contribution in [0.2, 0.25) is 0 Å². The van der Waals surface area contributed by atoms with E-state index in [1.165, 1.54) is 6.33 Å². The molecule has 160 valence electrons. The van der Waals surface area contributed by atoms with Gasteiger partial charge in [0.25, 0.3) is 0 Å². The van der Waals surface area contributed by atoms with Gasteiger partial charge in [0, 0.05) is 24.9 Å². The molecule has 0 radical (unpaired) electrons. The molecule has 5 rings (SSSR count). The molecule has 1 aliphatic heterocycles. The average molecular weight is 420 g/mol. The van der Waals surface area contributed by atoms with Gasteiger partial charge in [0.1, 0.15) is 12.0 Å². The summed E-state index contributed by atoms with van der Waals surface area (Å²) in [6, 6.07) is 3.84. The second kappa shape index (κ2) is 8.03. The molecule has 1 amide bonds. The molecule has 1 saturated carbocycles. The number of hydrogen-bond donors (Lipinski definition) is 2. The number of amides is 1. The van der Waals surface area contributed by atoms with E-state index in [2.05, 4.69) is 30.5 Å². The van der Waals surface area contributed by atoms with Gasteiger partial charge in [-0.25, -0.2) is 19.9 Å². The predicted molar refractivity (Wildman–Crippen MR) is 114 cm³/mol. The van der Waals surface area contributed by atoms with Crippen LogP contribution in [0.1, 0.15) is 25.0 Å². The lowest BCUT2D eigenvalue weighted by Gasteiger charge is -2.31. The molecule has 1 aliphatic carbocycles. The minimum absolute atomic E-state index is 0.0647. The standard InChI is InChI=1S/C21H24N8O2/c1-12-15(5-6-16(25-12)19-23-11-24-28-19)17-8-22-20-21(26-17)29(10-18(30)27-20)9-13-3-4-14(7-13)31-2/h5-6,8,11,13-14H,3-4,7,9-10H2,1-2H3,(H,22,27,30)(H,23,24,28)/t13-,14-/m0/s1. The lowest BCUT2D eigenvalue weighted by molar-refractivity contribution is -0.115. The van der Waals surface area contributed by atoms with Crippen molar-refractivity contribution in [2.24, 2.45) is 5.92 Å². The molecule has 1 fully saturated rings. The summed E-state index contributed by atoms with van der Waals surface area (Å²) in [4.78, 5) is 32.4. The maximum absolute atomic E-state index is 12.2. The van der Waals surface area contributed by atoms with E-state index in [-0.39, 0.29) is 12.5 Å². The van der Waals surface area contributed by atoms with Crippen LogP contribution in [0.25, 0.3) is 22.8 Å². The molecular weight excluding hydrogens is 396 g/mol. The first-order valence-electron chi connectivity index (χ1n) is 10.4. The quantitative estimate of drug-likeness (QED) is 0.644. The highest BCUT2D eigenvalue weighted by Crippen LogP contribution is 2.34. The molecule has 10 heteroatoms. The largest absolute Gasteiger partial charge is 0.381 e. The van der Waals surface area contributed by atoms with Gasteiger partial charge in [-0.2, -0.15) is 5.10 Å². The molecule has 0 saturated heterocycles. The van der Waals surface area contributed by atoms with E-state index in [9.17, 15) is 4.79 Å². The fourth-order valence-electron chi connectivity index (χ4n) is 4.40. The topological polar surface area (TPSA) is 122 Å². The summed E-state index contributed by atoms with van der Waals surface area (Å²) in [7, 11) is 1.76. The predicted octanol–water partition coefficient (Wildman–Crippen LogP) is 2.21. The SMILES string of the molecule is CO[C@H]1CC[C@H](CN2CC(=O)Nc3ncc(-c4ccc(-c5ncn[nH]5)nc4C)nc32)C1. The molecule has 3 aromatic rings. The smallest absolute Gasteiger partial charge is 0.245 e. The van der Waals surface area contributed by atoms with E-state index >= 15 is 0 Å². The number of aromatic nitrogens is 6. The molecule has 0 spiro atoms. The van der Waals surface area contributed by atoms with E-state index in [0.29, 0.717) is 35.2 Å². The first-order valence-corrected chi connectivity index (χ1v) is 10.4. The van der Waals surface area contributed by atoms with Crippen LogP contribution in [-0.2, 0) is 9.53 Å². The number of fused-ring (bicyclic) bond motifs is 1. The Kier molecular flexibility index (Phi) is 5.06. The van der Waals surface area contributed by atoms with Gasteiger partial charge < -0.3 is 15.0 Å². The second-order valence-electron chi connectivity index (χ2n) is 8.06. The van der Waals surface area contributed by atoms with Crippen LogP contribution in [0.5, 0.6) is 0 Å². The second-order valence-corrected chi connectivity index (χ2v) is 8.06. The van der Waals surface area contributed by atoms with E-state index in [4.69, 9.17) is 9.72 Å². The van der Waals surface area contributed by atoms with Gasteiger partial charge in [-0.1, -0.05) is 0 Å². The average Bonchev–Trinajstić information content (AvgIpc) is 3.46. The maximum Gasteiger partial charge on any atom is 0.245 e. The number of methoxy groups -OCH3 is 1. The molecule has 31 heavy (non-hydrogen) atoms. The van der Waals surface area contributed by atoms with Gasteiger partial charge in [-0.15, -0.1) is 0 Å². The minimum Gasteiger partial charge on any atom is -0.381 e. The third-order valence-electron chi connectivity index (χ3n) is 5.97. The highest BCUT2D eigenvalue weighted by Gasteiger charge is 2.31. The summed E-state index contributed by atoms with van der Waals surface area (Å²) in [5.74, 6) is 2.23. The highest BCUT2D eigenvalue weighted by atomic mass is 16.5. The Morgan fingerprint density at radius 3 is 2.84 bits per heavy atom. The van der Waals surface area contributed by atoms with Crippen molar-refractivity contribution in [1.29, 1.82) is 0 Å². The Labute approximate surface area is 179 Å². The zero-order valence-electron chi connectivity index (χ0n) is 17.5. The molecule has 0 unspecified atom stereocenters. The lowest BCUT2D eigenvalue weighted by Crippen LogP contribution is -2.41. The number of rotatable bonds is 5. The molecule has 4 heterocycles. The number of hydrogen-bond acceptors (Lipinski definition) is 8. The highest BCUT2D eigenvalue weighted by molar-refractivity contribution is 5.99. The van der Waals surface area contributed by atoms with Crippen molar-refractivity contribution in [3.8, 4) is 22.8 Å². The lowest BCUT2D eigenvalue weighted by atomic mass is 10.1. The van der Waals surface area contributed by atoms with Crippen molar-refractivity contribution >= 4 is 17.5 Å². The van der Waals surface area contributed by atoms with Crippen molar-refractivity contribution in [2.75, 3.05) is 30.4 Å².